The van der Waals surface area contributed by atoms with Gasteiger partial charge in [0.1, 0.15) is 11.6 Å². The first kappa shape index (κ1) is 23.1. The van der Waals surface area contributed by atoms with Crippen LogP contribution >= 0.6 is 11.6 Å². The van der Waals surface area contributed by atoms with Crippen molar-refractivity contribution in [3.05, 3.63) is 29.3 Å². The summed E-state index contributed by atoms with van der Waals surface area (Å²) in [7, 11) is 3.56. The van der Waals surface area contributed by atoms with E-state index in [9.17, 15) is 9.18 Å². The van der Waals surface area contributed by atoms with Gasteiger partial charge in [0.15, 0.2) is 0 Å². The number of halogens is 2. The molecule has 1 aromatic carbocycles. The number of hydrogen-bond donors (Lipinski definition) is 0. The summed E-state index contributed by atoms with van der Waals surface area (Å²) in [4.78, 5) is 24.2. The predicted octanol–water partition coefficient (Wildman–Crippen LogP) is 4.78. The molecule has 3 rings (SSSR count). The number of benzene rings is 1. The number of nitrogens with zero attached hydrogens (tertiary/aromatic N) is 4. The van der Waals surface area contributed by atoms with Gasteiger partial charge in [0.25, 0.3) is 0 Å². The largest absolute Gasteiger partial charge is 0.356 e. The molecule has 0 spiro atoms. The zero-order valence-electron chi connectivity index (χ0n) is 17.1. The molecule has 1 aromatic heterocycles. The van der Waals surface area contributed by atoms with Crippen LogP contribution in [0.5, 0.6) is 0 Å². The molecule has 7 heteroatoms. The van der Waals surface area contributed by atoms with Crippen LogP contribution in [0.3, 0.4) is 0 Å². The van der Waals surface area contributed by atoms with Gasteiger partial charge in [-0.2, -0.15) is 4.98 Å². The molecular weight excluding hydrogens is 367 g/mol. The highest BCUT2D eigenvalue weighted by atomic mass is 35.5. The van der Waals surface area contributed by atoms with E-state index >= 15 is 0 Å². The fourth-order valence-electron chi connectivity index (χ4n) is 3.00. The maximum atomic E-state index is 13.4. The molecule has 0 aliphatic carbocycles. The SMILES string of the molecule is CC.CC.CN(C)C(=O)C1CCN(c2nc(Cl)nc3cc(F)ccc23)CC1. The number of hydrogen-bond acceptors (Lipinski definition) is 4. The van der Waals surface area contributed by atoms with Gasteiger partial charge in [-0.15, -0.1) is 0 Å². The number of fused-ring (bicyclic) bond motifs is 1. The predicted molar refractivity (Wildman–Crippen MR) is 111 cm³/mol. The van der Waals surface area contributed by atoms with E-state index in [1.165, 1.54) is 12.1 Å². The Morgan fingerprint density at radius 1 is 1.15 bits per heavy atom. The lowest BCUT2D eigenvalue weighted by Crippen LogP contribution is -2.40. The van der Waals surface area contributed by atoms with E-state index in [1.54, 1.807) is 25.1 Å². The van der Waals surface area contributed by atoms with Gasteiger partial charge in [0, 0.05) is 44.6 Å². The van der Waals surface area contributed by atoms with Crippen molar-refractivity contribution >= 4 is 34.2 Å². The number of rotatable bonds is 2. The third kappa shape index (κ3) is 5.76. The molecule has 1 saturated heterocycles. The first-order valence-corrected chi connectivity index (χ1v) is 9.92. The number of piperidine rings is 1. The van der Waals surface area contributed by atoms with Gasteiger partial charge < -0.3 is 9.80 Å². The van der Waals surface area contributed by atoms with E-state index in [2.05, 4.69) is 14.9 Å². The molecule has 0 N–H and O–H groups in total. The van der Waals surface area contributed by atoms with Crippen molar-refractivity contribution in [2.24, 2.45) is 5.92 Å². The number of amides is 1. The summed E-state index contributed by atoms with van der Waals surface area (Å²) in [5.41, 5.74) is 0.492. The van der Waals surface area contributed by atoms with E-state index in [4.69, 9.17) is 11.6 Å². The lowest BCUT2D eigenvalue weighted by atomic mass is 9.95. The number of aromatic nitrogens is 2. The van der Waals surface area contributed by atoms with Gasteiger partial charge in [-0.1, -0.05) is 27.7 Å². The molecule has 1 fully saturated rings. The van der Waals surface area contributed by atoms with Crippen LogP contribution in [0.15, 0.2) is 18.2 Å². The Morgan fingerprint density at radius 3 is 2.30 bits per heavy atom. The molecule has 1 amide bonds. The standard InChI is InChI=1S/C16H18ClFN4O.2C2H6/c1-21(2)15(23)10-5-7-22(8-6-10)14-12-4-3-11(18)9-13(12)19-16(17)20-14;2*1-2/h3-4,9-10H,5-8H2,1-2H3;2*1-2H3. The maximum Gasteiger partial charge on any atom is 0.225 e. The minimum Gasteiger partial charge on any atom is -0.356 e. The molecule has 0 unspecified atom stereocenters. The Kier molecular flexibility index (Phi) is 9.43. The fourth-order valence-corrected chi connectivity index (χ4v) is 3.17. The lowest BCUT2D eigenvalue weighted by Gasteiger charge is -2.33. The quantitative estimate of drug-likeness (QED) is 0.685. The number of carbonyl (C=O) groups is 1. The normalized spacial score (nSPS) is 14.0. The van der Waals surface area contributed by atoms with Crippen molar-refractivity contribution in [2.75, 3.05) is 32.1 Å². The second-order valence-corrected chi connectivity index (χ2v) is 6.31. The third-order valence-electron chi connectivity index (χ3n) is 4.20. The first-order valence-electron chi connectivity index (χ1n) is 9.54. The summed E-state index contributed by atoms with van der Waals surface area (Å²) in [6, 6.07) is 4.42. The van der Waals surface area contributed by atoms with Crippen molar-refractivity contribution in [1.29, 1.82) is 0 Å². The summed E-state index contributed by atoms with van der Waals surface area (Å²) in [6.45, 7) is 9.42. The molecule has 2 heterocycles. The van der Waals surface area contributed by atoms with E-state index < -0.39 is 0 Å². The molecule has 2 aromatic rings. The summed E-state index contributed by atoms with van der Waals surface area (Å²) < 4.78 is 13.4. The Morgan fingerprint density at radius 2 is 1.74 bits per heavy atom. The highest BCUT2D eigenvalue weighted by molar-refractivity contribution is 6.28. The Balaban J connectivity index is 0.000000855. The minimum absolute atomic E-state index is 0.0438. The van der Waals surface area contributed by atoms with E-state index in [0.717, 1.165) is 18.2 Å². The average Bonchev–Trinajstić information content (AvgIpc) is 2.69. The zero-order chi connectivity index (χ0) is 20.6. The van der Waals surface area contributed by atoms with Crippen molar-refractivity contribution in [3.8, 4) is 0 Å². The van der Waals surface area contributed by atoms with E-state index in [0.29, 0.717) is 24.4 Å². The van der Waals surface area contributed by atoms with E-state index in [-0.39, 0.29) is 22.9 Å². The summed E-state index contributed by atoms with van der Waals surface area (Å²) in [5, 5.41) is 0.873. The molecule has 1 aliphatic rings. The van der Waals surface area contributed by atoms with Crippen LogP contribution in [-0.2, 0) is 4.79 Å². The molecular formula is C20H30ClFN4O. The van der Waals surface area contributed by atoms with Gasteiger partial charge in [-0.25, -0.2) is 9.37 Å². The number of anilines is 1. The molecule has 0 radical (unpaired) electrons. The maximum absolute atomic E-state index is 13.4. The molecule has 5 nitrogen and oxygen atoms in total. The van der Waals surface area contributed by atoms with Gasteiger partial charge in [-0.05, 0) is 36.6 Å². The molecule has 27 heavy (non-hydrogen) atoms. The Hall–Kier alpha value is -1.95. The van der Waals surface area contributed by atoms with Crippen molar-refractivity contribution in [1.82, 2.24) is 14.9 Å². The van der Waals surface area contributed by atoms with Gasteiger partial charge in [0.05, 0.1) is 5.52 Å². The second kappa shape index (κ2) is 11.0. The Bertz CT molecular complexity index is 741. The van der Waals surface area contributed by atoms with Gasteiger partial charge in [-0.3, -0.25) is 4.79 Å². The summed E-state index contributed by atoms with van der Waals surface area (Å²) in [6.07, 6.45) is 1.53. The highest BCUT2D eigenvalue weighted by Crippen LogP contribution is 2.29. The van der Waals surface area contributed by atoms with E-state index in [1.807, 2.05) is 27.7 Å². The summed E-state index contributed by atoms with van der Waals surface area (Å²) >= 11 is 5.98. The first-order chi connectivity index (χ1) is 13.0. The van der Waals surface area contributed by atoms with Crippen LogP contribution in [0.4, 0.5) is 10.2 Å². The molecule has 0 bridgehead atoms. The Labute approximate surface area is 166 Å². The van der Waals surface area contributed by atoms with Crippen LogP contribution in [0.2, 0.25) is 5.28 Å². The molecule has 150 valence electrons. The lowest BCUT2D eigenvalue weighted by molar-refractivity contribution is -0.133. The fraction of sp³-hybridized carbons (Fsp3) is 0.550. The van der Waals surface area contributed by atoms with Crippen LogP contribution in [0.25, 0.3) is 10.9 Å². The van der Waals surface area contributed by atoms with Gasteiger partial charge in [0.2, 0.25) is 11.2 Å². The molecule has 0 saturated carbocycles. The highest BCUT2D eigenvalue weighted by Gasteiger charge is 2.27. The smallest absolute Gasteiger partial charge is 0.225 e. The third-order valence-corrected chi connectivity index (χ3v) is 4.37. The molecule has 0 atom stereocenters. The number of carbonyl (C=O) groups excluding carboxylic acids is 1. The summed E-state index contributed by atoms with van der Waals surface area (Å²) in [5.74, 6) is 0.559. The van der Waals surface area contributed by atoms with Crippen LogP contribution in [-0.4, -0.2) is 48.0 Å². The molecule has 1 aliphatic heterocycles. The van der Waals surface area contributed by atoms with Crippen molar-refractivity contribution in [2.45, 2.75) is 40.5 Å². The minimum atomic E-state index is -0.353. The topological polar surface area (TPSA) is 49.3 Å². The second-order valence-electron chi connectivity index (χ2n) is 5.97. The van der Waals surface area contributed by atoms with Crippen molar-refractivity contribution in [3.63, 3.8) is 0 Å². The van der Waals surface area contributed by atoms with Crippen LogP contribution < -0.4 is 4.90 Å². The van der Waals surface area contributed by atoms with Crippen LogP contribution in [0, 0.1) is 11.7 Å². The van der Waals surface area contributed by atoms with Crippen LogP contribution in [0.1, 0.15) is 40.5 Å². The van der Waals surface area contributed by atoms with Crippen molar-refractivity contribution < 1.29 is 9.18 Å². The monoisotopic (exact) mass is 396 g/mol. The van der Waals surface area contributed by atoms with Gasteiger partial charge >= 0.3 is 0 Å². The zero-order valence-corrected chi connectivity index (χ0v) is 17.8. The average molecular weight is 397 g/mol.